The second-order valence-electron chi connectivity index (χ2n) is 5.70. The summed E-state index contributed by atoms with van der Waals surface area (Å²) in [4.78, 5) is 12.5. The molecular formula is C15H20ClNO4S. The Hall–Kier alpha value is -1.11. The molecule has 1 aliphatic carbocycles. The Bertz CT molecular complexity index is 660. The highest BCUT2D eigenvalue weighted by molar-refractivity contribution is 7.90. The number of aliphatic hydroxyl groups is 1. The highest BCUT2D eigenvalue weighted by atomic mass is 35.5. The molecule has 2 unspecified atom stereocenters. The van der Waals surface area contributed by atoms with Crippen molar-refractivity contribution in [2.75, 3.05) is 12.9 Å². The van der Waals surface area contributed by atoms with Crippen LogP contribution in [0.4, 0.5) is 0 Å². The van der Waals surface area contributed by atoms with Gasteiger partial charge in [0.05, 0.1) is 15.5 Å². The summed E-state index contributed by atoms with van der Waals surface area (Å²) in [6.45, 7) is 0.0986. The van der Waals surface area contributed by atoms with E-state index >= 15 is 0 Å². The first-order valence-electron chi connectivity index (χ1n) is 7.24. The highest BCUT2D eigenvalue weighted by Crippen LogP contribution is 2.29. The SMILES string of the molecule is CS(=O)(=O)c1ccc(Cl)c(C(=O)NC2CCCC2CCO)c1. The van der Waals surface area contributed by atoms with Crippen LogP contribution in [-0.4, -0.2) is 38.3 Å². The smallest absolute Gasteiger partial charge is 0.253 e. The molecule has 5 nitrogen and oxygen atoms in total. The van der Waals surface area contributed by atoms with E-state index in [0.29, 0.717) is 6.42 Å². The van der Waals surface area contributed by atoms with Crippen molar-refractivity contribution in [1.82, 2.24) is 5.32 Å². The summed E-state index contributed by atoms with van der Waals surface area (Å²) >= 11 is 6.03. The molecule has 1 aliphatic rings. The lowest BCUT2D eigenvalue weighted by atomic mass is 9.99. The van der Waals surface area contributed by atoms with E-state index in [1.807, 2.05) is 0 Å². The number of rotatable bonds is 5. The van der Waals surface area contributed by atoms with Crippen molar-refractivity contribution < 1.29 is 18.3 Å². The number of aliphatic hydroxyl groups excluding tert-OH is 1. The van der Waals surface area contributed by atoms with Gasteiger partial charge in [0, 0.05) is 18.9 Å². The Morgan fingerprint density at radius 1 is 1.41 bits per heavy atom. The van der Waals surface area contributed by atoms with Crippen LogP contribution < -0.4 is 5.32 Å². The summed E-state index contributed by atoms with van der Waals surface area (Å²) in [5.74, 6) is -0.115. The quantitative estimate of drug-likeness (QED) is 0.855. The summed E-state index contributed by atoms with van der Waals surface area (Å²) in [5.41, 5.74) is 0.166. The van der Waals surface area contributed by atoms with E-state index in [-0.39, 0.29) is 40.0 Å². The standard InChI is InChI=1S/C15H20ClNO4S/c1-22(20,21)11-5-6-13(16)12(9-11)15(19)17-14-4-2-3-10(14)7-8-18/h5-6,9-10,14,18H,2-4,7-8H2,1H3,(H,17,19). The molecule has 1 fully saturated rings. The third kappa shape index (κ3) is 4.00. The molecule has 0 saturated heterocycles. The van der Waals surface area contributed by atoms with Crippen molar-refractivity contribution in [1.29, 1.82) is 0 Å². The van der Waals surface area contributed by atoms with E-state index in [2.05, 4.69) is 5.32 Å². The van der Waals surface area contributed by atoms with Gasteiger partial charge in [-0.05, 0) is 43.4 Å². The summed E-state index contributed by atoms with van der Waals surface area (Å²) in [6.07, 6.45) is 4.59. The van der Waals surface area contributed by atoms with Crippen molar-refractivity contribution in [3.8, 4) is 0 Å². The van der Waals surface area contributed by atoms with Gasteiger partial charge in [0.25, 0.3) is 5.91 Å². The summed E-state index contributed by atoms with van der Waals surface area (Å²) < 4.78 is 23.2. The van der Waals surface area contributed by atoms with Gasteiger partial charge in [-0.25, -0.2) is 8.42 Å². The van der Waals surface area contributed by atoms with Crippen LogP contribution in [-0.2, 0) is 9.84 Å². The number of carbonyl (C=O) groups excluding carboxylic acids is 1. The zero-order valence-corrected chi connectivity index (χ0v) is 14.0. The molecule has 2 N–H and O–H groups in total. The zero-order valence-electron chi connectivity index (χ0n) is 12.4. The Labute approximate surface area is 135 Å². The van der Waals surface area contributed by atoms with Gasteiger partial charge in [-0.1, -0.05) is 18.0 Å². The Morgan fingerprint density at radius 2 is 2.14 bits per heavy atom. The van der Waals surface area contributed by atoms with E-state index < -0.39 is 9.84 Å². The Morgan fingerprint density at radius 3 is 2.77 bits per heavy atom. The number of hydrogen-bond donors (Lipinski definition) is 2. The number of halogens is 1. The van der Waals surface area contributed by atoms with Gasteiger partial charge in [0.1, 0.15) is 0 Å². The lowest BCUT2D eigenvalue weighted by molar-refractivity contribution is 0.0923. The number of hydrogen-bond acceptors (Lipinski definition) is 4. The van der Waals surface area contributed by atoms with E-state index in [4.69, 9.17) is 16.7 Å². The summed E-state index contributed by atoms with van der Waals surface area (Å²) in [6, 6.07) is 4.12. The van der Waals surface area contributed by atoms with Crippen LogP contribution in [0.1, 0.15) is 36.0 Å². The van der Waals surface area contributed by atoms with Crippen LogP contribution in [0.2, 0.25) is 5.02 Å². The van der Waals surface area contributed by atoms with Crippen LogP contribution in [0.5, 0.6) is 0 Å². The van der Waals surface area contributed by atoms with Crippen LogP contribution in [0.3, 0.4) is 0 Å². The van der Waals surface area contributed by atoms with Gasteiger partial charge in [-0.15, -0.1) is 0 Å². The van der Waals surface area contributed by atoms with Gasteiger partial charge in [-0.3, -0.25) is 4.79 Å². The first-order chi connectivity index (χ1) is 10.3. The zero-order chi connectivity index (χ0) is 16.3. The van der Waals surface area contributed by atoms with Crippen molar-refractivity contribution in [2.45, 2.75) is 36.6 Å². The number of nitrogens with one attached hydrogen (secondary N) is 1. The fourth-order valence-electron chi connectivity index (χ4n) is 2.89. The van der Waals surface area contributed by atoms with Crippen LogP contribution in [0.25, 0.3) is 0 Å². The van der Waals surface area contributed by atoms with Crippen molar-refractivity contribution in [2.24, 2.45) is 5.92 Å². The molecule has 2 rings (SSSR count). The predicted molar refractivity (Wildman–Crippen MR) is 84.9 cm³/mol. The minimum absolute atomic E-state index is 0.00222. The normalized spacial score (nSPS) is 21.8. The second-order valence-corrected chi connectivity index (χ2v) is 8.12. The molecule has 0 bridgehead atoms. The molecule has 1 amide bonds. The minimum atomic E-state index is -3.39. The molecule has 22 heavy (non-hydrogen) atoms. The maximum absolute atomic E-state index is 12.4. The molecule has 1 aromatic rings. The lowest BCUT2D eigenvalue weighted by Gasteiger charge is -2.20. The topological polar surface area (TPSA) is 83.5 Å². The van der Waals surface area contributed by atoms with Gasteiger partial charge in [0.15, 0.2) is 9.84 Å². The van der Waals surface area contributed by atoms with Gasteiger partial charge in [-0.2, -0.15) is 0 Å². The van der Waals surface area contributed by atoms with E-state index in [9.17, 15) is 13.2 Å². The van der Waals surface area contributed by atoms with Crippen molar-refractivity contribution >= 4 is 27.3 Å². The first-order valence-corrected chi connectivity index (χ1v) is 9.51. The summed E-state index contributed by atoms with van der Waals surface area (Å²) in [7, 11) is -3.39. The third-order valence-corrected chi connectivity index (χ3v) is 5.53. The highest BCUT2D eigenvalue weighted by Gasteiger charge is 2.29. The molecule has 1 aromatic carbocycles. The number of benzene rings is 1. The average molecular weight is 346 g/mol. The molecule has 2 atom stereocenters. The molecule has 0 heterocycles. The number of amides is 1. The molecular weight excluding hydrogens is 326 g/mol. The largest absolute Gasteiger partial charge is 0.396 e. The Balaban J connectivity index is 2.19. The molecule has 122 valence electrons. The molecule has 0 radical (unpaired) electrons. The molecule has 0 spiro atoms. The fraction of sp³-hybridized carbons (Fsp3) is 0.533. The van der Waals surface area contributed by atoms with E-state index in [1.54, 1.807) is 0 Å². The molecule has 0 aliphatic heterocycles. The average Bonchev–Trinajstić information content (AvgIpc) is 2.85. The van der Waals surface area contributed by atoms with E-state index in [1.165, 1.54) is 18.2 Å². The predicted octanol–water partition coefficient (Wildman–Crippen LogP) is 2.02. The van der Waals surface area contributed by atoms with Crippen molar-refractivity contribution in [3.05, 3.63) is 28.8 Å². The van der Waals surface area contributed by atoms with Gasteiger partial charge in [0.2, 0.25) is 0 Å². The number of carbonyl (C=O) groups is 1. The third-order valence-electron chi connectivity index (χ3n) is 4.09. The van der Waals surface area contributed by atoms with Crippen molar-refractivity contribution in [3.63, 3.8) is 0 Å². The molecule has 0 aromatic heterocycles. The fourth-order valence-corrected chi connectivity index (χ4v) is 3.74. The second kappa shape index (κ2) is 6.98. The maximum atomic E-state index is 12.4. The van der Waals surface area contributed by atoms with E-state index in [0.717, 1.165) is 25.5 Å². The first kappa shape index (κ1) is 17.2. The van der Waals surface area contributed by atoms with Gasteiger partial charge < -0.3 is 10.4 Å². The van der Waals surface area contributed by atoms with Crippen LogP contribution in [0.15, 0.2) is 23.1 Å². The monoisotopic (exact) mass is 345 g/mol. The van der Waals surface area contributed by atoms with Gasteiger partial charge >= 0.3 is 0 Å². The molecule has 7 heteroatoms. The minimum Gasteiger partial charge on any atom is -0.396 e. The van der Waals surface area contributed by atoms with Crippen LogP contribution >= 0.6 is 11.6 Å². The van der Waals surface area contributed by atoms with Crippen LogP contribution in [0, 0.1) is 5.92 Å². The molecule has 1 saturated carbocycles. The Kier molecular flexibility index (Phi) is 5.47. The lowest BCUT2D eigenvalue weighted by Crippen LogP contribution is -2.37. The maximum Gasteiger partial charge on any atom is 0.253 e. The number of sulfone groups is 1. The summed E-state index contributed by atoms with van der Waals surface area (Å²) in [5, 5.41) is 12.2.